The molecule has 1 aliphatic carbocycles. The van der Waals surface area contributed by atoms with Gasteiger partial charge in [-0.25, -0.2) is 0 Å². The summed E-state index contributed by atoms with van der Waals surface area (Å²) in [6.07, 6.45) is 3.75. The maximum absolute atomic E-state index is 12.5. The van der Waals surface area contributed by atoms with Crippen molar-refractivity contribution in [2.24, 2.45) is 5.41 Å². The van der Waals surface area contributed by atoms with E-state index in [2.05, 4.69) is 5.32 Å². The van der Waals surface area contributed by atoms with Gasteiger partial charge in [0.1, 0.15) is 5.69 Å². The van der Waals surface area contributed by atoms with Crippen LogP contribution in [0.5, 0.6) is 0 Å². The fourth-order valence-electron chi connectivity index (χ4n) is 2.26. The van der Waals surface area contributed by atoms with Gasteiger partial charge >= 0.3 is 5.97 Å². The number of carbonyl (C=O) groups is 2. The summed E-state index contributed by atoms with van der Waals surface area (Å²) in [6.45, 7) is 5.73. The van der Waals surface area contributed by atoms with Crippen LogP contribution in [0.15, 0.2) is 12.3 Å². The summed E-state index contributed by atoms with van der Waals surface area (Å²) in [5, 5.41) is 12.4. The smallest absolute Gasteiger partial charge is 0.305 e. The van der Waals surface area contributed by atoms with Crippen LogP contribution < -0.4 is 5.32 Å². The third kappa shape index (κ3) is 4.00. The van der Waals surface area contributed by atoms with E-state index in [1.54, 1.807) is 12.3 Å². The summed E-state index contributed by atoms with van der Waals surface area (Å²) in [4.78, 5) is 23.5. The second kappa shape index (κ2) is 5.72. The molecule has 5 nitrogen and oxygen atoms in total. The molecule has 2 N–H and O–H groups in total. The molecule has 1 aromatic heterocycles. The van der Waals surface area contributed by atoms with Crippen molar-refractivity contribution >= 4 is 23.5 Å². The van der Waals surface area contributed by atoms with E-state index in [0.717, 1.165) is 12.8 Å². The molecule has 1 fully saturated rings. The Bertz CT molecular complexity index is 556. The van der Waals surface area contributed by atoms with E-state index in [1.807, 2.05) is 25.3 Å². The van der Waals surface area contributed by atoms with Crippen LogP contribution in [0.4, 0.5) is 0 Å². The number of hydrogen-bond donors (Lipinski definition) is 2. The number of amides is 1. The number of carboxylic acid groups (broad SMARTS) is 1. The average Bonchev–Trinajstić information content (AvgIpc) is 3.09. The molecule has 0 aromatic carbocycles. The number of aromatic nitrogens is 1. The van der Waals surface area contributed by atoms with Crippen molar-refractivity contribution in [2.75, 3.05) is 0 Å². The Morgan fingerprint density at radius 1 is 1.48 bits per heavy atom. The lowest BCUT2D eigenvalue weighted by Crippen LogP contribution is -2.45. The van der Waals surface area contributed by atoms with E-state index in [1.165, 1.54) is 0 Å². The molecule has 6 heteroatoms. The van der Waals surface area contributed by atoms with Crippen molar-refractivity contribution in [2.45, 2.75) is 52.1 Å². The van der Waals surface area contributed by atoms with E-state index < -0.39 is 12.0 Å². The topological polar surface area (TPSA) is 71.3 Å². The van der Waals surface area contributed by atoms with Crippen LogP contribution in [0.1, 0.15) is 56.6 Å². The zero-order chi connectivity index (χ0) is 15.8. The molecular formula is C15H21ClN2O3. The summed E-state index contributed by atoms with van der Waals surface area (Å²) in [6, 6.07) is 1.53. The number of carbonyl (C=O) groups excluding carboxylic acids is 1. The molecule has 1 aromatic rings. The summed E-state index contributed by atoms with van der Waals surface area (Å²) in [7, 11) is 0. The first-order valence-corrected chi connectivity index (χ1v) is 7.46. The first kappa shape index (κ1) is 15.9. The van der Waals surface area contributed by atoms with Crippen LogP contribution in [-0.2, 0) is 4.79 Å². The van der Waals surface area contributed by atoms with Crippen LogP contribution in [0, 0.1) is 5.41 Å². The normalized spacial score (nSPS) is 16.6. The van der Waals surface area contributed by atoms with Crippen molar-refractivity contribution in [3.8, 4) is 0 Å². The molecule has 0 spiro atoms. The molecule has 0 bridgehead atoms. The molecule has 1 heterocycles. The van der Waals surface area contributed by atoms with Crippen molar-refractivity contribution in [3.63, 3.8) is 0 Å². The second-order valence-electron chi connectivity index (χ2n) is 6.67. The summed E-state index contributed by atoms with van der Waals surface area (Å²) in [5.41, 5.74) is 0.164. The Kier molecular flexibility index (Phi) is 4.33. The number of carboxylic acids is 1. The first-order valence-electron chi connectivity index (χ1n) is 7.08. The van der Waals surface area contributed by atoms with Gasteiger partial charge in [0, 0.05) is 18.3 Å². The Morgan fingerprint density at radius 3 is 2.57 bits per heavy atom. The number of aliphatic carboxylic acids is 1. The molecule has 1 aliphatic rings. The zero-order valence-electron chi connectivity index (χ0n) is 12.5. The third-order valence-electron chi connectivity index (χ3n) is 3.72. The summed E-state index contributed by atoms with van der Waals surface area (Å²) < 4.78 is 1.89. The predicted octanol–water partition coefficient (Wildman–Crippen LogP) is 3.10. The fraction of sp³-hybridized carbons (Fsp3) is 0.600. The molecule has 0 aliphatic heterocycles. The van der Waals surface area contributed by atoms with Crippen LogP contribution in [0.3, 0.4) is 0 Å². The molecule has 1 unspecified atom stereocenters. The van der Waals surface area contributed by atoms with Crippen LogP contribution in [0.2, 0.25) is 5.02 Å². The minimum absolute atomic E-state index is 0.104. The van der Waals surface area contributed by atoms with E-state index in [9.17, 15) is 9.59 Å². The largest absolute Gasteiger partial charge is 0.481 e. The van der Waals surface area contributed by atoms with Gasteiger partial charge in [-0.2, -0.15) is 0 Å². The van der Waals surface area contributed by atoms with Crippen molar-refractivity contribution in [1.82, 2.24) is 9.88 Å². The van der Waals surface area contributed by atoms with E-state index in [0.29, 0.717) is 16.8 Å². The highest BCUT2D eigenvalue weighted by atomic mass is 35.5. The second-order valence-corrected chi connectivity index (χ2v) is 7.11. The fourth-order valence-corrected chi connectivity index (χ4v) is 2.47. The number of hydrogen-bond acceptors (Lipinski definition) is 2. The number of nitrogens with one attached hydrogen (secondary N) is 1. The summed E-state index contributed by atoms with van der Waals surface area (Å²) >= 11 is 6.00. The molecule has 0 saturated heterocycles. The lowest BCUT2D eigenvalue weighted by atomic mass is 9.84. The molecular weight excluding hydrogens is 292 g/mol. The van der Waals surface area contributed by atoms with Gasteiger partial charge in [0.2, 0.25) is 0 Å². The van der Waals surface area contributed by atoms with Crippen LogP contribution in [0.25, 0.3) is 0 Å². The third-order valence-corrected chi connectivity index (χ3v) is 3.92. The quantitative estimate of drug-likeness (QED) is 0.877. The Labute approximate surface area is 129 Å². The lowest BCUT2D eigenvalue weighted by molar-refractivity contribution is -0.138. The number of nitrogens with zero attached hydrogens (tertiary/aromatic N) is 1. The van der Waals surface area contributed by atoms with E-state index >= 15 is 0 Å². The van der Waals surface area contributed by atoms with Gasteiger partial charge in [0.25, 0.3) is 5.91 Å². The van der Waals surface area contributed by atoms with Crippen LogP contribution in [-0.4, -0.2) is 27.6 Å². The molecule has 0 radical (unpaired) electrons. The SMILES string of the molecule is CC(C)(C)C(CC(=O)O)NC(=O)c1cc(Cl)cn1C1CC1. The highest BCUT2D eigenvalue weighted by Crippen LogP contribution is 2.37. The maximum Gasteiger partial charge on any atom is 0.305 e. The van der Waals surface area contributed by atoms with Crippen molar-refractivity contribution < 1.29 is 14.7 Å². The van der Waals surface area contributed by atoms with Crippen molar-refractivity contribution in [1.29, 1.82) is 0 Å². The van der Waals surface area contributed by atoms with Gasteiger partial charge in [-0.1, -0.05) is 32.4 Å². The molecule has 1 saturated carbocycles. The summed E-state index contributed by atoms with van der Waals surface area (Å²) in [5.74, 6) is -1.19. The monoisotopic (exact) mass is 312 g/mol. The van der Waals surface area contributed by atoms with E-state index in [-0.39, 0.29) is 17.7 Å². The van der Waals surface area contributed by atoms with Gasteiger partial charge in [-0.15, -0.1) is 0 Å². The van der Waals surface area contributed by atoms with Gasteiger partial charge < -0.3 is 15.0 Å². The van der Waals surface area contributed by atoms with E-state index in [4.69, 9.17) is 16.7 Å². The van der Waals surface area contributed by atoms with Gasteiger partial charge in [-0.3, -0.25) is 9.59 Å². The molecule has 116 valence electrons. The lowest BCUT2D eigenvalue weighted by Gasteiger charge is -2.30. The van der Waals surface area contributed by atoms with Gasteiger partial charge in [0.15, 0.2) is 0 Å². The predicted molar refractivity (Wildman–Crippen MR) is 80.7 cm³/mol. The van der Waals surface area contributed by atoms with Gasteiger partial charge in [0.05, 0.1) is 11.4 Å². The zero-order valence-corrected chi connectivity index (χ0v) is 13.3. The number of halogens is 1. The highest BCUT2D eigenvalue weighted by Gasteiger charge is 2.32. The minimum Gasteiger partial charge on any atom is -0.481 e. The molecule has 21 heavy (non-hydrogen) atoms. The van der Waals surface area contributed by atoms with Crippen molar-refractivity contribution in [3.05, 3.63) is 23.0 Å². The Balaban J connectivity index is 2.17. The highest BCUT2D eigenvalue weighted by molar-refractivity contribution is 6.31. The average molecular weight is 313 g/mol. The van der Waals surface area contributed by atoms with Gasteiger partial charge in [-0.05, 0) is 24.3 Å². The minimum atomic E-state index is -0.925. The molecule has 1 atom stereocenters. The number of rotatable bonds is 5. The first-order chi connectivity index (χ1) is 9.68. The Morgan fingerprint density at radius 2 is 2.10 bits per heavy atom. The Hall–Kier alpha value is -1.49. The molecule has 1 amide bonds. The standard InChI is InChI=1S/C15H21ClN2O3/c1-15(2,3)12(7-13(19)20)17-14(21)11-6-9(16)8-18(11)10-4-5-10/h6,8,10,12H,4-5,7H2,1-3H3,(H,17,21)(H,19,20). The van der Waals surface area contributed by atoms with Crippen LogP contribution >= 0.6 is 11.6 Å². The molecule has 2 rings (SSSR count). The maximum atomic E-state index is 12.5.